The molecule has 0 spiro atoms. The van der Waals surface area contributed by atoms with Gasteiger partial charge in [-0.25, -0.2) is 0 Å². The molecule has 1 aliphatic rings. The molecule has 2 aromatic carbocycles. The molecule has 0 radical (unpaired) electrons. The SMILES string of the molecule is CC(C)c1ccc(CN(Cc2nnc(-c3ccc(Cl)cc3)o2)C2CC2)cc1. The van der Waals surface area contributed by atoms with Gasteiger partial charge in [0, 0.05) is 23.2 Å². The minimum atomic E-state index is 0.540. The number of hydrogen-bond donors (Lipinski definition) is 0. The van der Waals surface area contributed by atoms with Gasteiger partial charge in [0.25, 0.3) is 0 Å². The minimum absolute atomic E-state index is 0.540. The summed E-state index contributed by atoms with van der Waals surface area (Å²) < 4.78 is 5.90. The normalized spacial score (nSPS) is 14.3. The van der Waals surface area contributed by atoms with E-state index in [2.05, 4.69) is 53.2 Å². The van der Waals surface area contributed by atoms with E-state index in [4.69, 9.17) is 16.0 Å². The van der Waals surface area contributed by atoms with Gasteiger partial charge in [-0.05, 0) is 54.2 Å². The molecule has 0 saturated heterocycles. The Balaban J connectivity index is 1.45. The van der Waals surface area contributed by atoms with E-state index in [1.807, 2.05) is 24.3 Å². The molecule has 1 saturated carbocycles. The molecule has 0 N–H and O–H groups in total. The van der Waals surface area contributed by atoms with Crippen molar-refractivity contribution in [3.05, 3.63) is 70.6 Å². The largest absolute Gasteiger partial charge is 0.419 e. The third-order valence-electron chi connectivity index (χ3n) is 4.99. The molecule has 4 rings (SSSR count). The smallest absolute Gasteiger partial charge is 0.247 e. The predicted octanol–water partition coefficient (Wildman–Crippen LogP) is 5.68. The minimum Gasteiger partial charge on any atom is -0.419 e. The molecular formula is C22H24ClN3O. The van der Waals surface area contributed by atoms with Crippen molar-refractivity contribution >= 4 is 11.6 Å². The zero-order valence-corrected chi connectivity index (χ0v) is 16.5. The first-order valence-electron chi connectivity index (χ1n) is 9.49. The fourth-order valence-electron chi connectivity index (χ4n) is 3.20. The number of nitrogens with zero attached hydrogens (tertiary/aromatic N) is 3. The van der Waals surface area contributed by atoms with E-state index in [0.717, 1.165) is 12.1 Å². The predicted molar refractivity (Wildman–Crippen MR) is 108 cm³/mol. The Morgan fingerprint density at radius 2 is 1.70 bits per heavy atom. The highest BCUT2D eigenvalue weighted by atomic mass is 35.5. The van der Waals surface area contributed by atoms with Crippen LogP contribution in [0.4, 0.5) is 0 Å². The number of benzene rings is 2. The Morgan fingerprint density at radius 3 is 2.33 bits per heavy atom. The van der Waals surface area contributed by atoms with Crippen molar-refractivity contribution in [1.82, 2.24) is 15.1 Å². The van der Waals surface area contributed by atoms with Gasteiger partial charge < -0.3 is 4.42 Å². The highest BCUT2D eigenvalue weighted by Crippen LogP contribution is 2.30. The summed E-state index contributed by atoms with van der Waals surface area (Å²) in [5, 5.41) is 9.15. The maximum atomic E-state index is 5.95. The van der Waals surface area contributed by atoms with Crippen molar-refractivity contribution in [3.8, 4) is 11.5 Å². The quantitative estimate of drug-likeness (QED) is 0.528. The zero-order chi connectivity index (χ0) is 18.8. The average Bonchev–Trinajstić information content (AvgIpc) is 3.42. The van der Waals surface area contributed by atoms with Crippen LogP contribution >= 0.6 is 11.6 Å². The lowest BCUT2D eigenvalue weighted by Crippen LogP contribution is -2.25. The standard InChI is InChI=1S/C22H24ClN3O/c1-15(2)17-5-3-16(4-6-17)13-26(20-11-12-20)14-21-24-25-22(27-21)18-7-9-19(23)10-8-18/h3-10,15,20H,11-14H2,1-2H3. The molecular weight excluding hydrogens is 358 g/mol. The van der Waals surface area contributed by atoms with Gasteiger partial charge in [-0.2, -0.15) is 0 Å². The van der Waals surface area contributed by atoms with Gasteiger partial charge in [-0.3, -0.25) is 4.90 Å². The summed E-state index contributed by atoms with van der Waals surface area (Å²) in [7, 11) is 0. The van der Waals surface area contributed by atoms with Gasteiger partial charge >= 0.3 is 0 Å². The number of halogens is 1. The molecule has 140 valence electrons. The van der Waals surface area contributed by atoms with E-state index in [9.17, 15) is 0 Å². The molecule has 5 heteroatoms. The first-order chi connectivity index (χ1) is 13.1. The first-order valence-corrected chi connectivity index (χ1v) is 9.87. The Bertz CT molecular complexity index is 883. The maximum absolute atomic E-state index is 5.95. The van der Waals surface area contributed by atoms with E-state index >= 15 is 0 Å². The summed E-state index contributed by atoms with van der Waals surface area (Å²) in [6, 6.07) is 17.0. The van der Waals surface area contributed by atoms with Gasteiger partial charge in [-0.1, -0.05) is 49.7 Å². The van der Waals surface area contributed by atoms with Crippen LogP contribution < -0.4 is 0 Å². The summed E-state index contributed by atoms with van der Waals surface area (Å²) in [5.41, 5.74) is 3.59. The molecule has 1 fully saturated rings. The summed E-state index contributed by atoms with van der Waals surface area (Å²) in [4.78, 5) is 2.43. The van der Waals surface area contributed by atoms with Crippen molar-refractivity contribution in [2.24, 2.45) is 0 Å². The summed E-state index contributed by atoms with van der Waals surface area (Å²) >= 11 is 5.95. The lowest BCUT2D eigenvalue weighted by atomic mass is 10.0. The second kappa shape index (κ2) is 7.83. The van der Waals surface area contributed by atoms with Gasteiger partial charge in [0.15, 0.2) is 0 Å². The van der Waals surface area contributed by atoms with Crippen LogP contribution in [-0.4, -0.2) is 21.1 Å². The van der Waals surface area contributed by atoms with Crippen molar-refractivity contribution < 1.29 is 4.42 Å². The Labute approximate surface area is 165 Å². The van der Waals surface area contributed by atoms with Gasteiger partial charge in [0.2, 0.25) is 11.8 Å². The number of rotatable bonds is 7. The topological polar surface area (TPSA) is 42.2 Å². The fraction of sp³-hybridized carbons (Fsp3) is 0.364. The third kappa shape index (κ3) is 4.57. The number of hydrogen-bond acceptors (Lipinski definition) is 4. The van der Waals surface area contributed by atoms with Crippen molar-refractivity contribution in [1.29, 1.82) is 0 Å². The molecule has 4 nitrogen and oxygen atoms in total. The highest BCUT2D eigenvalue weighted by molar-refractivity contribution is 6.30. The van der Waals surface area contributed by atoms with Crippen molar-refractivity contribution in [2.45, 2.75) is 51.7 Å². The molecule has 1 aliphatic carbocycles. The highest BCUT2D eigenvalue weighted by Gasteiger charge is 2.30. The second-order valence-corrected chi connectivity index (χ2v) is 7.98. The molecule has 0 atom stereocenters. The molecule has 0 unspecified atom stereocenters. The van der Waals surface area contributed by atoms with E-state index in [1.54, 1.807) is 0 Å². The Morgan fingerprint density at radius 1 is 1.00 bits per heavy atom. The monoisotopic (exact) mass is 381 g/mol. The van der Waals surface area contributed by atoms with Crippen LogP contribution in [0.25, 0.3) is 11.5 Å². The second-order valence-electron chi connectivity index (χ2n) is 7.54. The lowest BCUT2D eigenvalue weighted by molar-refractivity contribution is 0.221. The van der Waals surface area contributed by atoms with E-state index in [0.29, 0.717) is 35.3 Å². The lowest BCUT2D eigenvalue weighted by Gasteiger charge is -2.20. The molecule has 0 bridgehead atoms. The third-order valence-corrected chi connectivity index (χ3v) is 5.24. The summed E-state index contributed by atoms with van der Waals surface area (Å²) in [6.07, 6.45) is 2.48. The molecule has 1 aromatic heterocycles. The van der Waals surface area contributed by atoms with Crippen LogP contribution in [0, 0.1) is 0 Å². The fourth-order valence-corrected chi connectivity index (χ4v) is 3.32. The molecule has 3 aromatic rings. The van der Waals surface area contributed by atoms with E-state index in [1.165, 1.54) is 24.0 Å². The van der Waals surface area contributed by atoms with Gasteiger partial charge in [-0.15, -0.1) is 10.2 Å². The maximum Gasteiger partial charge on any atom is 0.247 e. The van der Waals surface area contributed by atoms with Crippen LogP contribution in [0.2, 0.25) is 5.02 Å². The molecule has 27 heavy (non-hydrogen) atoms. The van der Waals surface area contributed by atoms with Crippen LogP contribution in [0.1, 0.15) is 49.6 Å². The zero-order valence-electron chi connectivity index (χ0n) is 15.7. The Kier molecular flexibility index (Phi) is 5.28. The van der Waals surface area contributed by atoms with Crippen LogP contribution in [0.5, 0.6) is 0 Å². The number of aromatic nitrogens is 2. The summed E-state index contributed by atoms with van der Waals surface area (Å²) in [5.74, 6) is 1.76. The van der Waals surface area contributed by atoms with Crippen molar-refractivity contribution in [2.75, 3.05) is 0 Å². The molecule has 1 heterocycles. The van der Waals surface area contributed by atoms with Gasteiger partial charge in [0.1, 0.15) is 0 Å². The van der Waals surface area contributed by atoms with Crippen LogP contribution in [0.3, 0.4) is 0 Å². The van der Waals surface area contributed by atoms with Crippen molar-refractivity contribution in [3.63, 3.8) is 0 Å². The van der Waals surface area contributed by atoms with Crippen LogP contribution in [-0.2, 0) is 13.1 Å². The molecule has 0 aliphatic heterocycles. The van der Waals surface area contributed by atoms with E-state index in [-0.39, 0.29) is 0 Å². The Hall–Kier alpha value is -2.17. The summed E-state index contributed by atoms with van der Waals surface area (Å²) in [6.45, 7) is 6.03. The van der Waals surface area contributed by atoms with Crippen LogP contribution in [0.15, 0.2) is 52.9 Å². The first kappa shape index (κ1) is 18.2. The van der Waals surface area contributed by atoms with Gasteiger partial charge in [0.05, 0.1) is 6.54 Å². The van der Waals surface area contributed by atoms with E-state index < -0.39 is 0 Å². The molecule has 0 amide bonds. The average molecular weight is 382 g/mol.